The van der Waals surface area contributed by atoms with Crippen LogP contribution in [-0.4, -0.2) is 0 Å². The summed E-state index contributed by atoms with van der Waals surface area (Å²) in [4.78, 5) is 0. The molecule has 0 aliphatic heterocycles. The van der Waals surface area contributed by atoms with Crippen molar-refractivity contribution < 1.29 is 0 Å². The van der Waals surface area contributed by atoms with E-state index in [4.69, 9.17) is 0 Å². The number of fused-ring (bicyclic) bond motifs is 3. The van der Waals surface area contributed by atoms with Gasteiger partial charge in [-0.2, -0.15) is 0 Å². The minimum absolute atomic E-state index is 0.472. The molecule has 3 saturated carbocycles. The summed E-state index contributed by atoms with van der Waals surface area (Å²) in [6, 6.07) is 0. The van der Waals surface area contributed by atoms with Gasteiger partial charge in [-0.15, -0.1) is 0 Å². The molecular formula is C24H40. The average molecular weight is 329 g/mol. The van der Waals surface area contributed by atoms with Gasteiger partial charge in [0.1, 0.15) is 0 Å². The van der Waals surface area contributed by atoms with Crippen molar-refractivity contribution in [2.45, 2.75) is 92.9 Å². The number of hydrogen-bond donors (Lipinski definition) is 0. The molecule has 0 aromatic heterocycles. The SMILES string of the molecule is C=C1CC[C@@H]2[C@@](C)(CC[C@@H]3C(C)(C)CCC[C@]23C)[C@@H]1CC=C(C)C. The van der Waals surface area contributed by atoms with Crippen molar-refractivity contribution in [3.8, 4) is 0 Å². The van der Waals surface area contributed by atoms with Crippen LogP contribution in [0.5, 0.6) is 0 Å². The van der Waals surface area contributed by atoms with Crippen LogP contribution in [0, 0.1) is 34.0 Å². The summed E-state index contributed by atoms with van der Waals surface area (Å²) < 4.78 is 0. The summed E-state index contributed by atoms with van der Waals surface area (Å²) in [5, 5.41) is 0. The van der Waals surface area contributed by atoms with Crippen LogP contribution in [0.2, 0.25) is 0 Å². The summed E-state index contributed by atoms with van der Waals surface area (Å²) in [7, 11) is 0. The second kappa shape index (κ2) is 6.03. The minimum Gasteiger partial charge on any atom is -0.0995 e. The van der Waals surface area contributed by atoms with Gasteiger partial charge in [0, 0.05) is 0 Å². The minimum atomic E-state index is 0.472. The van der Waals surface area contributed by atoms with E-state index >= 15 is 0 Å². The maximum Gasteiger partial charge on any atom is -0.0114 e. The Kier molecular flexibility index (Phi) is 4.59. The van der Waals surface area contributed by atoms with E-state index in [0.717, 1.165) is 11.8 Å². The molecule has 24 heavy (non-hydrogen) atoms. The van der Waals surface area contributed by atoms with Gasteiger partial charge < -0.3 is 0 Å². The second-order valence-corrected chi connectivity index (χ2v) is 10.8. The van der Waals surface area contributed by atoms with Gasteiger partial charge in [-0.05, 0) is 92.8 Å². The molecule has 136 valence electrons. The zero-order valence-corrected chi connectivity index (χ0v) is 17.2. The molecule has 3 rings (SSSR count). The average Bonchev–Trinajstić information content (AvgIpc) is 2.44. The van der Waals surface area contributed by atoms with Gasteiger partial charge in [-0.3, -0.25) is 0 Å². The fourth-order valence-electron chi connectivity index (χ4n) is 7.52. The van der Waals surface area contributed by atoms with E-state index in [9.17, 15) is 0 Å². The Labute approximate surface area is 151 Å². The monoisotopic (exact) mass is 328 g/mol. The Morgan fingerprint density at radius 3 is 2.38 bits per heavy atom. The molecule has 0 amide bonds. The summed E-state index contributed by atoms with van der Waals surface area (Å²) >= 11 is 0. The van der Waals surface area contributed by atoms with Gasteiger partial charge in [0.05, 0.1) is 0 Å². The van der Waals surface area contributed by atoms with Crippen LogP contribution in [0.4, 0.5) is 0 Å². The van der Waals surface area contributed by atoms with Gasteiger partial charge in [0.15, 0.2) is 0 Å². The van der Waals surface area contributed by atoms with E-state index in [2.05, 4.69) is 54.2 Å². The summed E-state index contributed by atoms with van der Waals surface area (Å²) in [6.07, 6.45) is 13.5. The number of rotatable bonds is 2. The van der Waals surface area contributed by atoms with Gasteiger partial charge in [0.2, 0.25) is 0 Å². The van der Waals surface area contributed by atoms with Crippen LogP contribution in [0.3, 0.4) is 0 Å². The van der Waals surface area contributed by atoms with Crippen molar-refractivity contribution in [3.05, 3.63) is 23.8 Å². The lowest BCUT2D eigenvalue weighted by Gasteiger charge is -2.66. The molecule has 0 heterocycles. The molecular weight excluding hydrogens is 288 g/mol. The molecule has 5 atom stereocenters. The standard InChI is InChI=1S/C24H40/c1-17(2)9-11-19-18(3)10-12-21-23(19,6)16-13-20-22(4,5)14-8-15-24(20,21)7/h9,19-21H,3,8,10-16H2,1-2,4-7H3/t19-,20-,21-,23+,24+/m1/s1. The highest BCUT2D eigenvalue weighted by atomic mass is 14.6. The fourth-order valence-corrected chi connectivity index (χ4v) is 7.52. The second-order valence-electron chi connectivity index (χ2n) is 10.8. The summed E-state index contributed by atoms with van der Waals surface area (Å²) in [5.74, 6) is 2.52. The maximum absolute atomic E-state index is 4.54. The quantitative estimate of drug-likeness (QED) is 0.459. The Balaban J connectivity index is 1.96. The molecule has 3 aliphatic carbocycles. The fraction of sp³-hybridized carbons (Fsp3) is 0.833. The molecule has 3 fully saturated rings. The first-order chi connectivity index (χ1) is 11.1. The molecule has 0 aromatic rings. The predicted octanol–water partition coefficient (Wildman–Crippen LogP) is 7.56. The zero-order valence-electron chi connectivity index (χ0n) is 17.2. The number of allylic oxidation sites excluding steroid dienone is 3. The van der Waals surface area contributed by atoms with Crippen molar-refractivity contribution in [1.82, 2.24) is 0 Å². The van der Waals surface area contributed by atoms with Crippen molar-refractivity contribution in [1.29, 1.82) is 0 Å². The van der Waals surface area contributed by atoms with E-state index in [1.54, 1.807) is 5.57 Å². The topological polar surface area (TPSA) is 0 Å². The smallest absolute Gasteiger partial charge is 0.0114 e. The third-order valence-electron chi connectivity index (χ3n) is 8.64. The van der Waals surface area contributed by atoms with Gasteiger partial charge in [0.25, 0.3) is 0 Å². The Morgan fingerprint density at radius 1 is 1.00 bits per heavy atom. The van der Waals surface area contributed by atoms with Crippen molar-refractivity contribution in [2.24, 2.45) is 34.0 Å². The lowest BCUT2D eigenvalue weighted by atomic mass is 9.39. The lowest BCUT2D eigenvalue weighted by Crippen LogP contribution is -2.58. The van der Waals surface area contributed by atoms with Crippen LogP contribution in [0.15, 0.2) is 23.8 Å². The zero-order chi connectivity index (χ0) is 17.8. The first kappa shape index (κ1) is 18.3. The molecule has 0 saturated heterocycles. The highest BCUT2D eigenvalue weighted by molar-refractivity contribution is 5.20. The predicted molar refractivity (Wildman–Crippen MR) is 106 cm³/mol. The van der Waals surface area contributed by atoms with Crippen LogP contribution >= 0.6 is 0 Å². The van der Waals surface area contributed by atoms with E-state index < -0.39 is 0 Å². The van der Waals surface area contributed by atoms with Gasteiger partial charge >= 0.3 is 0 Å². The van der Waals surface area contributed by atoms with Crippen LogP contribution in [0.1, 0.15) is 92.9 Å². The van der Waals surface area contributed by atoms with E-state index in [1.807, 2.05) is 0 Å². The van der Waals surface area contributed by atoms with Crippen molar-refractivity contribution >= 4 is 0 Å². The van der Waals surface area contributed by atoms with Crippen LogP contribution in [-0.2, 0) is 0 Å². The largest absolute Gasteiger partial charge is 0.0995 e. The normalized spacial score (nSPS) is 44.4. The molecule has 0 bridgehead atoms. The molecule has 0 spiro atoms. The maximum atomic E-state index is 4.54. The highest BCUT2D eigenvalue weighted by Crippen LogP contribution is 2.69. The molecule has 0 radical (unpaired) electrons. The molecule has 0 heteroatoms. The van der Waals surface area contributed by atoms with Gasteiger partial charge in [-0.25, -0.2) is 0 Å². The molecule has 0 nitrogen and oxygen atoms in total. The molecule has 0 N–H and O–H groups in total. The molecule has 0 aromatic carbocycles. The van der Waals surface area contributed by atoms with Crippen molar-refractivity contribution in [2.75, 3.05) is 0 Å². The van der Waals surface area contributed by atoms with Crippen LogP contribution in [0.25, 0.3) is 0 Å². The third-order valence-corrected chi connectivity index (χ3v) is 8.64. The van der Waals surface area contributed by atoms with Gasteiger partial charge in [-0.1, -0.05) is 57.9 Å². The Morgan fingerprint density at radius 2 is 1.71 bits per heavy atom. The Bertz CT molecular complexity index is 532. The Hall–Kier alpha value is -0.520. The van der Waals surface area contributed by atoms with E-state index in [-0.39, 0.29) is 0 Å². The van der Waals surface area contributed by atoms with E-state index in [1.165, 1.54) is 56.9 Å². The molecule has 0 unspecified atom stereocenters. The van der Waals surface area contributed by atoms with Crippen LogP contribution < -0.4 is 0 Å². The first-order valence-electron chi connectivity index (χ1n) is 10.4. The summed E-state index contributed by atoms with van der Waals surface area (Å²) in [5.41, 5.74) is 4.58. The lowest BCUT2D eigenvalue weighted by molar-refractivity contribution is -0.152. The highest BCUT2D eigenvalue weighted by Gasteiger charge is 2.60. The first-order valence-corrected chi connectivity index (χ1v) is 10.4. The molecule has 3 aliphatic rings. The third kappa shape index (κ3) is 2.73. The number of hydrogen-bond acceptors (Lipinski definition) is 0. The summed E-state index contributed by atoms with van der Waals surface area (Å²) in [6.45, 7) is 19.4. The van der Waals surface area contributed by atoms with E-state index in [0.29, 0.717) is 22.2 Å². The van der Waals surface area contributed by atoms with Crippen molar-refractivity contribution in [3.63, 3.8) is 0 Å².